The maximum atomic E-state index is 3.65. The van der Waals surface area contributed by atoms with Gasteiger partial charge in [0.25, 0.3) is 0 Å². The summed E-state index contributed by atoms with van der Waals surface area (Å²) in [7, 11) is 0. The van der Waals surface area contributed by atoms with E-state index in [9.17, 15) is 0 Å². The number of aryl methyl sites for hydroxylation is 1. The van der Waals surface area contributed by atoms with Crippen LogP contribution in [0, 0.1) is 6.92 Å². The van der Waals surface area contributed by atoms with E-state index in [1.807, 2.05) is 0 Å². The summed E-state index contributed by atoms with van der Waals surface area (Å²) in [5, 5.41) is 2.68. The largest absolute Gasteiger partial charge is 0.0841 e. The van der Waals surface area contributed by atoms with Crippen LogP contribution in [0.5, 0.6) is 0 Å². The number of rotatable bonds is 1. The van der Waals surface area contributed by atoms with E-state index in [0.717, 1.165) is 0 Å². The Labute approximate surface area is 93.1 Å². The molecule has 14 heavy (non-hydrogen) atoms. The number of benzene rings is 2. The van der Waals surface area contributed by atoms with Gasteiger partial charge >= 0.3 is 0 Å². The predicted molar refractivity (Wildman–Crippen MR) is 66.0 cm³/mol. The number of hydrogen-bond acceptors (Lipinski definition) is 0. The quantitative estimate of drug-likeness (QED) is 0.647. The molecule has 2 rings (SSSR count). The molecule has 0 aliphatic heterocycles. The lowest BCUT2D eigenvalue weighted by molar-refractivity contribution is 1.11. The lowest BCUT2D eigenvalue weighted by atomic mass is 9.98. The molecule has 0 N–H and O–H groups in total. The van der Waals surface area contributed by atoms with Gasteiger partial charge in [-0.15, -0.1) is 0 Å². The third kappa shape index (κ3) is 1.57. The summed E-state index contributed by atoms with van der Waals surface area (Å²) < 4.78 is 0. The monoisotopic (exact) mass is 248 g/mol. The molecule has 1 heteroatoms. The first kappa shape index (κ1) is 9.72. The summed E-state index contributed by atoms with van der Waals surface area (Å²) in [5.74, 6) is 0. The first-order chi connectivity index (χ1) is 6.70. The molecule has 0 spiro atoms. The lowest BCUT2D eigenvalue weighted by Gasteiger charge is -2.12. The predicted octanol–water partition coefficient (Wildman–Crippen LogP) is 4.60. The van der Waals surface area contributed by atoms with E-state index in [-0.39, 0.29) is 0 Å². The standard InChI is InChI=1S/C13H13Br/c1-9-7-8-11-5-3-4-6-12(11)13(9)10(2)14/h3-8,10H,1-2H3. The lowest BCUT2D eigenvalue weighted by Crippen LogP contribution is -1.90. The van der Waals surface area contributed by atoms with Crippen molar-refractivity contribution in [2.24, 2.45) is 0 Å². The van der Waals surface area contributed by atoms with Gasteiger partial charge in [-0.25, -0.2) is 0 Å². The van der Waals surface area contributed by atoms with Crippen molar-refractivity contribution < 1.29 is 0 Å². The zero-order chi connectivity index (χ0) is 10.1. The Hall–Kier alpha value is -0.820. The van der Waals surface area contributed by atoms with E-state index in [4.69, 9.17) is 0 Å². The third-order valence-corrected chi connectivity index (χ3v) is 3.04. The van der Waals surface area contributed by atoms with Crippen molar-refractivity contribution in [1.82, 2.24) is 0 Å². The highest BCUT2D eigenvalue weighted by atomic mass is 79.9. The van der Waals surface area contributed by atoms with E-state index in [0.29, 0.717) is 4.83 Å². The minimum absolute atomic E-state index is 0.411. The van der Waals surface area contributed by atoms with E-state index >= 15 is 0 Å². The van der Waals surface area contributed by atoms with Gasteiger partial charge in [0, 0.05) is 4.83 Å². The van der Waals surface area contributed by atoms with Gasteiger partial charge in [-0.2, -0.15) is 0 Å². The third-order valence-electron chi connectivity index (χ3n) is 2.59. The van der Waals surface area contributed by atoms with E-state index in [1.165, 1.54) is 21.9 Å². The van der Waals surface area contributed by atoms with Crippen LogP contribution in [0.25, 0.3) is 10.8 Å². The number of fused-ring (bicyclic) bond motifs is 1. The highest BCUT2D eigenvalue weighted by Crippen LogP contribution is 2.31. The fraction of sp³-hybridized carbons (Fsp3) is 0.231. The van der Waals surface area contributed by atoms with Gasteiger partial charge in [-0.05, 0) is 35.7 Å². The minimum Gasteiger partial charge on any atom is -0.0841 e. The van der Waals surface area contributed by atoms with E-state index in [2.05, 4.69) is 66.2 Å². The van der Waals surface area contributed by atoms with Crippen molar-refractivity contribution in [3.8, 4) is 0 Å². The van der Waals surface area contributed by atoms with Crippen LogP contribution in [-0.4, -0.2) is 0 Å². The molecule has 72 valence electrons. The molecule has 0 aliphatic rings. The highest BCUT2D eigenvalue weighted by molar-refractivity contribution is 9.09. The van der Waals surface area contributed by atoms with Crippen molar-refractivity contribution in [2.75, 3.05) is 0 Å². The number of halogens is 1. The Balaban J connectivity index is 2.83. The fourth-order valence-electron chi connectivity index (χ4n) is 1.93. The van der Waals surface area contributed by atoms with Gasteiger partial charge in [-0.1, -0.05) is 52.3 Å². The Bertz CT molecular complexity index is 458. The van der Waals surface area contributed by atoms with Crippen molar-refractivity contribution in [3.05, 3.63) is 47.5 Å². The summed E-state index contributed by atoms with van der Waals surface area (Å²) in [5.41, 5.74) is 2.76. The van der Waals surface area contributed by atoms with Crippen LogP contribution in [0.2, 0.25) is 0 Å². The Morgan fingerprint density at radius 2 is 1.79 bits per heavy atom. The second-order valence-corrected chi connectivity index (χ2v) is 5.01. The molecule has 0 saturated carbocycles. The molecule has 0 radical (unpaired) electrons. The molecule has 2 aromatic rings. The summed E-state index contributed by atoms with van der Waals surface area (Å²) >= 11 is 3.65. The molecule has 0 aliphatic carbocycles. The van der Waals surface area contributed by atoms with Gasteiger partial charge in [0.2, 0.25) is 0 Å². The first-order valence-corrected chi connectivity index (χ1v) is 5.74. The minimum atomic E-state index is 0.411. The molecule has 2 aromatic carbocycles. The number of alkyl halides is 1. The summed E-state index contributed by atoms with van der Waals surface area (Å²) in [6.07, 6.45) is 0. The first-order valence-electron chi connectivity index (χ1n) is 4.82. The molecule has 0 amide bonds. The van der Waals surface area contributed by atoms with Gasteiger partial charge in [0.05, 0.1) is 0 Å². The maximum Gasteiger partial charge on any atom is 0.0375 e. The average molecular weight is 249 g/mol. The van der Waals surface area contributed by atoms with Crippen LogP contribution < -0.4 is 0 Å². The molecule has 1 unspecified atom stereocenters. The van der Waals surface area contributed by atoms with E-state index < -0.39 is 0 Å². The molecule has 0 aromatic heterocycles. The van der Waals surface area contributed by atoms with Crippen LogP contribution in [-0.2, 0) is 0 Å². The van der Waals surface area contributed by atoms with Crippen molar-refractivity contribution in [1.29, 1.82) is 0 Å². The Morgan fingerprint density at radius 1 is 1.07 bits per heavy atom. The zero-order valence-corrected chi connectivity index (χ0v) is 10.0. The van der Waals surface area contributed by atoms with Gasteiger partial charge in [-0.3, -0.25) is 0 Å². The van der Waals surface area contributed by atoms with Crippen LogP contribution in [0.3, 0.4) is 0 Å². The van der Waals surface area contributed by atoms with Gasteiger partial charge in [0.15, 0.2) is 0 Å². The summed E-state index contributed by atoms with van der Waals surface area (Å²) in [6, 6.07) is 12.9. The molecular weight excluding hydrogens is 236 g/mol. The highest BCUT2D eigenvalue weighted by Gasteiger charge is 2.08. The average Bonchev–Trinajstić information content (AvgIpc) is 2.17. The Morgan fingerprint density at radius 3 is 2.50 bits per heavy atom. The second-order valence-electron chi connectivity index (χ2n) is 3.63. The van der Waals surface area contributed by atoms with Crippen molar-refractivity contribution in [3.63, 3.8) is 0 Å². The molecule has 0 nitrogen and oxygen atoms in total. The smallest absolute Gasteiger partial charge is 0.0375 e. The Kier molecular flexibility index (Phi) is 2.60. The van der Waals surface area contributed by atoms with Crippen molar-refractivity contribution in [2.45, 2.75) is 18.7 Å². The van der Waals surface area contributed by atoms with Gasteiger partial charge in [0.1, 0.15) is 0 Å². The second kappa shape index (κ2) is 3.74. The molecule has 0 bridgehead atoms. The molecule has 0 saturated heterocycles. The maximum absolute atomic E-state index is 3.65. The zero-order valence-electron chi connectivity index (χ0n) is 8.42. The molecular formula is C13H13Br. The van der Waals surface area contributed by atoms with Crippen LogP contribution in [0.4, 0.5) is 0 Å². The number of hydrogen-bond donors (Lipinski definition) is 0. The van der Waals surface area contributed by atoms with Gasteiger partial charge < -0.3 is 0 Å². The normalized spacial score (nSPS) is 13.1. The molecule has 0 heterocycles. The fourth-order valence-corrected chi connectivity index (χ4v) is 2.54. The summed E-state index contributed by atoms with van der Waals surface area (Å²) in [6.45, 7) is 4.34. The van der Waals surface area contributed by atoms with Crippen molar-refractivity contribution >= 4 is 26.7 Å². The van der Waals surface area contributed by atoms with Crippen LogP contribution in [0.15, 0.2) is 36.4 Å². The SMILES string of the molecule is Cc1ccc2ccccc2c1C(C)Br. The van der Waals surface area contributed by atoms with Crippen LogP contribution in [0.1, 0.15) is 22.9 Å². The van der Waals surface area contributed by atoms with Crippen LogP contribution >= 0.6 is 15.9 Å². The molecule has 1 atom stereocenters. The summed E-state index contributed by atoms with van der Waals surface area (Å²) in [4.78, 5) is 0.411. The van der Waals surface area contributed by atoms with E-state index in [1.54, 1.807) is 0 Å². The topological polar surface area (TPSA) is 0 Å². The molecule has 0 fully saturated rings.